The van der Waals surface area contributed by atoms with Gasteiger partial charge in [0, 0.05) is 38.9 Å². The first-order valence-electron chi connectivity index (χ1n) is 8.32. The van der Waals surface area contributed by atoms with Crippen LogP contribution in [0.5, 0.6) is 0 Å². The van der Waals surface area contributed by atoms with Crippen LogP contribution in [0.25, 0.3) is 0 Å². The third kappa shape index (κ3) is 4.44. The lowest BCUT2D eigenvalue weighted by Crippen LogP contribution is -2.40. The topological polar surface area (TPSA) is 24.5 Å². The largest absolute Gasteiger partial charge is 0.381 e. The lowest BCUT2D eigenvalue weighted by atomic mass is 10.00. The Bertz CT molecular complexity index is 258. The first-order chi connectivity index (χ1) is 9.33. The molecule has 0 amide bonds. The predicted octanol–water partition coefficient (Wildman–Crippen LogP) is 2.12. The summed E-state index contributed by atoms with van der Waals surface area (Å²) in [5.74, 6) is 2.91. The van der Waals surface area contributed by atoms with Crippen LogP contribution in [0.4, 0.5) is 0 Å². The minimum Gasteiger partial charge on any atom is -0.381 e. The van der Waals surface area contributed by atoms with Gasteiger partial charge in [0.2, 0.25) is 0 Å². The molecule has 0 aromatic carbocycles. The maximum absolute atomic E-state index is 5.43. The molecule has 3 fully saturated rings. The molecule has 0 unspecified atom stereocenters. The van der Waals surface area contributed by atoms with E-state index in [2.05, 4.69) is 17.3 Å². The molecule has 0 bridgehead atoms. The second-order valence-electron chi connectivity index (χ2n) is 6.97. The minimum absolute atomic E-state index is 0.858. The molecule has 0 radical (unpaired) electrons. The Morgan fingerprint density at radius 3 is 2.26 bits per heavy atom. The highest BCUT2D eigenvalue weighted by Crippen LogP contribution is 2.44. The molecule has 3 aliphatic rings. The maximum Gasteiger partial charge on any atom is 0.0469 e. The fourth-order valence-corrected chi connectivity index (χ4v) is 3.51. The molecule has 110 valence electrons. The number of nitrogens with one attached hydrogen (secondary N) is 1. The molecule has 0 spiro atoms. The fraction of sp³-hybridized carbons (Fsp3) is 1.00. The van der Waals surface area contributed by atoms with Crippen molar-refractivity contribution in [3.63, 3.8) is 0 Å². The van der Waals surface area contributed by atoms with Gasteiger partial charge in [0.05, 0.1) is 0 Å². The standard InChI is InChI=1S/C16H30N2O/c1-18(12-13-6-10-19-11-7-13)9-8-17-16(14-2-3-14)15-4-5-15/h13-17H,2-12H2,1H3. The average molecular weight is 266 g/mol. The van der Waals surface area contributed by atoms with Gasteiger partial charge in [-0.25, -0.2) is 0 Å². The molecule has 2 aliphatic carbocycles. The van der Waals surface area contributed by atoms with Crippen molar-refractivity contribution in [3.8, 4) is 0 Å². The van der Waals surface area contributed by atoms with E-state index in [4.69, 9.17) is 4.74 Å². The second-order valence-corrected chi connectivity index (χ2v) is 6.97. The van der Waals surface area contributed by atoms with Gasteiger partial charge >= 0.3 is 0 Å². The smallest absolute Gasteiger partial charge is 0.0469 e. The lowest BCUT2D eigenvalue weighted by molar-refractivity contribution is 0.0557. The van der Waals surface area contributed by atoms with Gasteiger partial charge in [-0.15, -0.1) is 0 Å². The molecule has 0 aromatic rings. The van der Waals surface area contributed by atoms with Crippen molar-refractivity contribution < 1.29 is 4.74 Å². The Morgan fingerprint density at radius 1 is 1.05 bits per heavy atom. The summed E-state index contributed by atoms with van der Waals surface area (Å²) in [5, 5.41) is 3.85. The lowest BCUT2D eigenvalue weighted by Gasteiger charge is -2.28. The molecule has 1 saturated heterocycles. The summed E-state index contributed by atoms with van der Waals surface area (Å²) < 4.78 is 5.43. The van der Waals surface area contributed by atoms with Crippen LogP contribution in [0.3, 0.4) is 0 Å². The third-order valence-electron chi connectivity index (χ3n) is 5.04. The van der Waals surface area contributed by atoms with E-state index in [9.17, 15) is 0 Å². The van der Waals surface area contributed by atoms with Gasteiger partial charge in [-0.1, -0.05) is 0 Å². The number of nitrogens with zero attached hydrogens (tertiary/aromatic N) is 1. The van der Waals surface area contributed by atoms with Gasteiger partial charge in [-0.05, 0) is 63.3 Å². The van der Waals surface area contributed by atoms with Crippen LogP contribution in [0.1, 0.15) is 38.5 Å². The van der Waals surface area contributed by atoms with E-state index in [-0.39, 0.29) is 0 Å². The van der Waals surface area contributed by atoms with Gasteiger partial charge < -0.3 is 15.0 Å². The van der Waals surface area contributed by atoms with Crippen molar-refractivity contribution in [2.45, 2.75) is 44.6 Å². The number of hydrogen-bond acceptors (Lipinski definition) is 3. The summed E-state index contributed by atoms with van der Waals surface area (Å²) in [7, 11) is 2.28. The molecule has 0 aromatic heterocycles. The quantitative estimate of drug-likeness (QED) is 0.728. The number of rotatable bonds is 8. The summed E-state index contributed by atoms with van der Waals surface area (Å²) >= 11 is 0. The molecule has 1 heterocycles. The Morgan fingerprint density at radius 2 is 1.68 bits per heavy atom. The van der Waals surface area contributed by atoms with Crippen molar-refractivity contribution in [1.82, 2.24) is 10.2 Å². The zero-order valence-corrected chi connectivity index (χ0v) is 12.4. The highest BCUT2D eigenvalue weighted by molar-refractivity contribution is 4.96. The van der Waals surface area contributed by atoms with Crippen LogP contribution < -0.4 is 5.32 Å². The highest BCUT2D eigenvalue weighted by Gasteiger charge is 2.40. The van der Waals surface area contributed by atoms with Gasteiger partial charge in [0.15, 0.2) is 0 Å². The summed E-state index contributed by atoms with van der Waals surface area (Å²) in [5.41, 5.74) is 0. The van der Waals surface area contributed by atoms with Crippen molar-refractivity contribution in [1.29, 1.82) is 0 Å². The number of hydrogen-bond donors (Lipinski definition) is 1. The average Bonchev–Trinajstić information content (AvgIpc) is 3.29. The molecule has 0 atom stereocenters. The van der Waals surface area contributed by atoms with E-state index in [1.165, 1.54) is 58.2 Å². The number of ether oxygens (including phenoxy) is 1. The van der Waals surface area contributed by atoms with E-state index in [0.717, 1.165) is 37.0 Å². The van der Waals surface area contributed by atoms with Crippen molar-refractivity contribution in [3.05, 3.63) is 0 Å². The molecule has 3 heteroatoms. The highest BCUT2D eigenvalue weighted by atomic mass is 16.5. The summed E-state index contributed by atoms with van der Waals surface area (Å²) in [4.78, 5) is 2.51. The van der Waals surface area contributed by atoms with E-state index in [0.29, 0.717) is 0 Å². The SMILES string of the molecule is CN(CCNC(C1CC1)C1CC1)CC1CCOCC1. The zero-order chi connectivity index (χ0) is 13.1. The molecule has 1 aliphatic heterocycles. The second kappa shape index (κ2) is 6.55. The van der Waals surface area contributed by atoms with Crippen molar-refractivity contribution >= 4 is 0 Å². The molecule has 3 nitrogen and oxygen atoms in total. The van der Waals surface area contributed by atoms with E-state index >= 15 is 0 Å². The summed E-state index contributed by atoms with van der Waals surface area (Å²) in [6, 6.07) is 0.858. The van der Waals surface area contributed by atoms with Gasteiger partial charge in [0.1, 0.15) is 0 Å². The molecule has 19 heavy (non-hydrogen) atoms. The Kier molecular flexibility index (Phi) is 4.78. The molecule has 1 N–H and O–H groups in total. The van der Waals surface area contributed by atoms with Crippen LogP contribution in [0.2, 0.25) is 0 Å². The molecular formula is C16H30N2O. The van der Waals surface area contributed by atoms with Gasteiger partial charge in [-0.3, -0.25) is 0 Å². The third-order valence-corrected chi connectivity index (χ3v) is 5.04. The van der Waals surface area contributed by atoms with Crippen LogP contribution in [0.15, 0.2) is 0 Å². The van der Waals surface area contributed by atoms with Crippen molar-refractivity contribution in [2.24, 2.45) is 17.8 Å². The maximum atomic E-state index is 5.43. The van der Waals surface area contributed by atoms with Gasteiger partial charge in [-0.2, -0.15) is 0 Å². The molecule has 2 saturated carbocycles. The predicted molar refractivity (Wildman–Crippen MR) is 78.3 cm³/mol. The van der Waals surface area contributed by atoms with Crippen LogP contribution in [0, 0.1) is 17.8 Å². The Hall–Kier alpha value is -0.120. The van der Waals surface area contributed by atoms with E-state index in [1.54, 1.807) is 0 Å². The van der Waals surface area contributed by atoms with Crippen molar-refractivity contribution in [2.75, 3.05) is 39.9 Å². The number of likely N-dealkylation sites (N-methyl/N-ethyl adjacent to an activating group) is 1. The summed E-state index contributed by atoms with van der Waals surface area (Å²) in [6.45, 7) is 5.58. The van der Waals surface area contributed by atoms with Crippen LogP contribution >= 0.6 is 0 Å². The van der Waals surface area contributed by atoms with Gasteiger partial charge in [0.25, 0.3) is 0 Å². The van der Waals surface area contributed by atoms with E-state index in [1.807, 2.05) is 0 Å². The first-order valence-corrected chi connectivity index (χ1v) is 8.32. The minimum atomic E-state index is 0.858. The zero-order valence-electron chi connectivity index (χ0n) is 12.4. The van der Waals surface area contributed by atoms with Crippen LogP contribution in [-0.2, 0) is 4.74 Å². The normalized spacial score (nSPS) is 25.4. The van der Waals surface area contributed by atoms with Crippen LogP contribution in [-0.4, -0.2) is 50.8 Å². The fourth-order valence-electron chi connectivity index (χ4n) is 3.51. The Balaban J connectivity index is 1.30. The summed E-state index contributed by atoms with van der Waals surface area (Å²) in [6.07, 6.45) is 8.42. The van der Waals surface area contributed by atoms with E-state index < -0.39 is 0 Å². The molecular weight excluding hydrogens is 236 g/mol. The Labute approximate surface area is 118 Å². The molecule has 3 rings (SSSR count). The monoisotopic (exact) mass is 266 g/mol. The first kappa shape index (κ1) is 13.8.